The van der Waals surface area contributed by atoms with Crippen molar-refractivity contribution < 1.29 is 9.53 Å². The lowest BCUT2D eigenvalue weighted by atomic mass is 9.92. The number of rotatable bonds is 9. The Kier molecular flexibility index (Phi) is 7.80. The first-order valence-corrected chi connectivity index (χ1v) is 9.57. The molecule has 1 heterocycles. The number of pyridine rings is 1. The van der Waals surface area contributed by atoms with E-state index in [-0.39, 0.29) is 5.91 Å². The first kappa shape index (κ1) is 20.9. The Morgan fingerprint density at radius 1 is 1.07 bits per heavy atom. The van der Waals surface area contributed by atoms with Crippen LogP contribution in [0.5, 0.6) is 0 Å². The molecule has 0 bridgehead atoms. The van der Waals surface area contributed by atoms with Gasteiger partial charge in [0.2, 0.25) is 0 Å². The van der Waals surface area contributed by atoms with Gasteiger partial charge < -0.3 is 15.4 Å². The van der Waals surface area contributed by atoms with Gasteiger partial charge in [0, 0.05) is 25.9 Å². The molecule has 0 fully saturated rings. The van der Waals surface area contributed by atoms with Crippen molar-refractivity contribution in [2.24, 2.45) is 0 Å². The summed E-state index contributed by atoms with van der Waals surface area (Å²) in [6, 6.07) is 9.84. The van der Waals surface area contributed by atoms with Crippen LogP contribution in [-0.4, -0.2) is 31.2 Å². The summed E-state index contributed by atoms with van der Waals surface area (Å²) in [5.41, 5.74) is 4.51. The minimum absolute atomic E-state index is 0.184. The fraction of sp³-hybridized carbons (Fsp3) is 0.455. The smallest absolute Gasteiger partial charge is 0.274 e. The monoisotopic (exact) mass is 369 g/mol. The van der Waals surface area contributed by atoms with Gasteiger partial charge in [-0.25, -0.2) is 4.98 Å². The Hall–Kier alpha value is -2.40. The first-order valence-electron chi connectivity index (χ1n) is 9.57. The summed E-state index contributed by atoms with van der Waals surface area (Å²) in [5, 5.41) is 6.37. The number of para-hydroxylation sites is 1. The number of anilines is 2. The van der Waals surface area contributed by atoms with E-state index in [9.17, 15) is 4.79 Å². The second-order valence-electron chi connectivity index (χ2n) is 7.28. The van der Waals surface area contributed by atoms with Crippen molar-refractivity contribution in [3.63, 3.8) is 0 Å². The quantitative estimate of drug-likeness (QED) is 0.609. The van der Waals surface area contributed by atoms with Gasteiger partial charge in [0.05, 0.1) is 11.9 Å². The Bertz CT molecular complexity index is 713. The van der Waals surface area contributed by atoms with Gasteiger partial charge in [0.1, 0.15) is 5.69 Å². The molecule has 5 heteroatoms. The number of methoxy groups -OCH3 is 1. The first-order chi connectivity index (χ1) is 12.9. The van der Waals surface area contributed by atoms with Crippen molar-refractivity contribution in [3.05, 3.63) is 53.3 Å². The van der Waals surface area contributed by atoms with Gasteiger partial charge in [-0.2, -0.15) is 0 Å². The number of benzene rings is 1. The molecule has 0 unspecified atom stereocenters. The highest BCUT2D eigenvalue weighted by Gasteiger charge is 2.17. The summed E-state index contributed by atoms with van der Waals surface area (Å²) >= 11 is 0. The van der Waals surface area contributed by atoms with Crippen LogP contribution in [0.2, 0.25) is 0 Å². The fourth-order valence-corrected chi connectivity index (χ4v) is 2.95. The van der Waals surface area contributed by atoms with Crippen molar-refractivity contribution in [3.8, 4) is 0 Å². The van der Waals surface area contributed by atoms with Crippen molar-refractivity contribution in [1.29, 1.82) is 0 Å². The standard InChI is InChI=1S/C22H31N3O2/c1-15(2)18-8-6-9-19(16(3)4)21(18)25-22(26)20-11-10-17(14-24-20)23-12-7-13-27-5/h6,8-11,14-16,23H,7,12-13H2,1-5H3,(H,25,26). The zero-order valence-electron chi connectivity index (χ0n) is 17.0. The molecule has 2 aromatic rings. The van der Waals surface area contributed by atoms with E-state index in [4.69, 9.17) is 4.74 Å². The van der Waals surface area contributed by atoms with Crippen LogP contribution in [0.25, 0.3) is 0 Å². The maximum Gasteiger partial charge on any atom is 0.274 e. The molecule has 0 saturated heterocycles. The summed E-state index contributed by atoms with van der Waals surface area (Å²) in [6.45, 7) is 10.1. The van der Waals surface area contributed by atoms with E-state index in [1.807, 2.05) is 6.07 Å². The highest BCUT2D eigenvalue weighted by atomic mass is 16.5. The molecule has 27 heavy (non-hydrogen) atoms. The van der Waals surface area contributed by atoms with Crippen LogP contribution in [0, 0.1) is 0 Å². The highest BCUT2D eigenvalue weighted by molar-refractivity contribution is 6.04. The second-order valence-corrected chi connectivity index (χ2v) is 7.28. The molecule has 0 atom stereocenters. The van der Waals surface area contributed by atoms with Crippen LogP contribution in [0.3, 0.4) is 0 Å². The van der Waals surface area contributed by atoms with Gasteiger partial charge in [0.25, 0.3) is 5.91 Å². The van der Waals surface area contributed by atoms with Crippen LogP contribution in [0.1, 0.15) is 67.6 Å². The lowest BCUT2D eigenvalue weighted by molar-refractivity contribution is 0.102. The maximum atomic E-state index is 12.8. The minimum atomic E-state index is -0.184. The van der Waals surface area contributed by atoms with Gasteiger partial charge in [-0.1, -0.05) is 45.9 Å². The molecule has 0 radical (unpaired) electrons. The number of hydrogen-bond acceptors (Lipinski definition) is 4. The van der Waals surface area contributed by atoms with Crippen LogP contribution >= 0.6 is 0 Å². The lowest BCUT2D eigenvalue weighted by Gasteiger charge is -2.20. The zero-order valence-corrected chi connectivity index (χ0v) is 17.0. The number of amides is 1. The summed E-state index contributed by atoms with van der Waals surface area (Å²) in [6.07, 6.45) is 2.61. The Balaban J connectivity index is 2.13. The molecule has 1 amide bonds. The van der Waals surface area contributed by atoms with Gasteiger partial charge in [-0.05, 0) is 41.5 Å². The second kappa shape index (κ2) is 10.1. The largest absolute Gasteiger partial charge is 0.385 e. The van der Waals surface area contributed by atoms with E-state index in [1.54, 1.807) is 19.4 Å². The Morgan fingerprint density at radius 3 is 2.26 bits per heavy atom. The van der Waals surface area contributed by atoms with Crippen LogP contribution < -0.4 is 10.6 Å². The molecule has 0 aliphatic rings. The third-order valence-corrected chi connectivity index (χ3v) is 4.46. The lowest BCUT2D eigenvalue weighted by Crippen LogP contribution is -2.17. The molecule has 0 aliphatic carbocycles. The van der Waals surface area contributed by atoms with Gasteiger partial charge >= 0.3 is 0 Å². The predicted octanol–water partition coefficient (Wildman–Crippen LogP) is 5.03. The number of nitrogens with one attached hydrogen (secondary N) is 2. The number of carbonyl (C=O) groups excluding carboxylic acids is 1. The zero-order chi connectivity index (χ0) is 19.8. The van der Waals surface area contributed by atoms with E-state index in [2.05, 4.69) is 61.5 Å². The number of nitrogens with zero attached hydrogens (tertiary/aromatic N) is 1. The topological polar surface area (TPSA) is 63.2 Å². The van der Waals surface area contributed by atoms with E-state index in [0.29, 0.717) is 24.1 Å². The summed E-state index contributed by atoms with van der Waals surface area (Å²) < 4.78 is 5.03. The summed E-state index contributed by atoms with van der Waals surface area (Å²) in [4.78, 5) is 17.1. The van der Waals surface area contributed by atoms with Gasteiger partial charge in [-0.3, -0.25) is 4.79 Å². The fourth-order valence-electron chi connectivity index (χ4n) is 2.95. The number of aromatic nitrogens is 1. The molecule has 0 aliphatic heterocycles. The van der Waals surface area contributed by atoms with Gasteiger partial charge in [-0.15, -0.1) is 0 Å². The molecule has 2 rings (SSSR count). The molecular weight excluding hydrogens is 338 g/mol. The molecule has 146 valence electrons. The van der Waals surface area contributed by atoms with E-state index < -0.39 is 0 Å². The summed E-state index contributed by atoms with van der Waals surface area (Å²) in [5.74, 6) is 0.465. The van der Waals surface area contributed by atoms with Crippen molar-refractivity contribution in [1.82, 2.24) is 4.98 Å². The molecule has 2 N–H and O–H groups in total. The average molecular weight is 370 g/mol. The summed E-state index contributed by atoms with van der Waals surface area (Å²) in [7, 11) is 1.69. The van der Waals surface area contributed by atoms with E-state index in [0.717, 1.165) is 35.5 Å². The molecule has 0 spiro atoms. The Morgan fingerprint density at radius 2 is 1.74 bits per heavy atom. The van der Waals surface area contributed by atoms with Gasteiger partial charge in [0.15, 0.2) is 0 Å². The Labute approximate surface area is 162 Å². The third kappa shape index (κ3) is 5.79. The molecular formula is C22H31N3O2. The van der Waals surface area contributed by atoms with E-state index >= 15 is 0 Å². The van der Waals surface area contributed by atoms with Crippen molar-refractivity contribution in [2.75, 3.05) is 30.9 Å². The molecule has 1 aromatic carbocycles. The predicted molar refractivity (Wildman–Crippen MR) is 112 cm³/mol. The number of ether oxygens (including phenoxy) is 1. The number of hydrogen-bond donors (Lipinski definition) is 2. The van der Waals surface area contributed by atoms with Crippen molar-refractivity contribution in [2.45, 2.75) is 46.0 Å². The normalized spacial score (nSPS) is 11.1. The molecule has 1 aromatic heterocycles. The molecule has 5 nitrogen and oxygen atoms in total. The minimum Gasteiger partial charge on any atom is -0.385 e. The third-order valence-electron chi connectivity index (χ3n) is 4.46. The molecule has 0 saturated carbocycles. The van der Waals surface area contributed by atoms with Crippen LogP contribution in [0.4, 0.5) is 11.4 Å². The average Bonchev–Trinajstić information content (AvgIpc) is 2.65. The van der Waals surface area contributed by atoms with Crippen molar-refractivity contribution >= 4 is 17.3 Å². The SMILES string of the molecule is COCCCNc1ccc(C(=O)Nc2c(C(C)C)cccc2C(C)C)nc1. The van der Waals surface area contributed by atoms with Crippen LogP contribution in [-0.2, 0) is 4.74 Å². The van der Waals surface area contributed by atoms with E-state index in [1.165, 1.54) is 0 Å². The highest BCUT2D eigenvalue weighted by Crippen LogP contribution is 2.32. The van der Waals surface area contributed by atoms with Crippen LogP contribution in [0.15, 0.2) is 36.5 Å². The number of carbonyl (C=O) groups is 1. The maximum absolute atomic E-state index is 12.8.